The number of H-pyrrole nitrogens is 1. The number of likely N-dealkylation sites (N-methyl/N-ethyl adjacent to an activating group) is 1. The Morgan fingerprint density at radius 2 is 1.90 bits per heavy atom. The number of pyridine rings is 1. The highest BCUT2D eigenvalue weighted by atomic mass is 32.2. The first-order valence-corrected chi connectivity index (χ1v) is 11.5. The largest absolute Gasteiger partial charge is 0.354 e. The molecule has 1 amide bonds. The fraction of sp³-hybridized carbons (Fsp3) is 0.348. The Balaban J connectivity index is 1.27. The van der Waals surface area contributed by atoms with Crippen LogP contribution in [-0.2, 0) is 11.2 Å². The number of benzene rings is 1. The highest BCUT2D eigenvalue weighted by molar-refractivity contribution is 7.99. The molecule has 0 unspecified atom stereocenters. The van der Waals surface area contributed by atoms with E-state index in [1.165, 1.54) is 17.3 Å². The van der Waals surface area contributed by atoms with Crippen molar-refractivity contribution in [3.63, 3.8) is 0 Å². The van der Waals surface area contributed by atoms with Crippen molar-refractivity contribution in [2.75, 3.05) is 49.2 Å². The molecule has 1 saturated heterocycles. The minimum absolute atomic E-state index is 0.0715. The number of nitrogens with one attached hydrogen (secondary N) is 2. The minimum atomic E-state index is -0.0715. The molecule has 0 aliphatic carbocycles. The Labute approximate surface area is 187 Å². The summed E-state index contributed by atoms with van der Waals surface area (Å²) in [6.45, 7) is 6.04. The van der Waals surface area contributed by atoms with E-state index >= 15 is 0 Å². The molecule has 31 heavy (non-hydrogen) atoms. The van der Waals surface area contributed by atoms with Crippen molar-refractivity contribution >= 4 is 29.2 Å². The first-order valence-electron chi connectivity index (χ1n) is 10.5. The number of aromatic nitrogens is 3. The quantitative estimate of drug-likeness (QED) is 0.554. The Hall–Kier alpha value is -2.84. The average Bonchev–Trinajstić information content (AvgIpc) is 3.13. The summed E-state index contributed by atoms with van der Waals surface area (Å²) in [6, 6.07) is 14.1. The van der Waals surface area contributed by atoms with Crippen LogP contribution in [0.5, 0.6) is 0 Å². The average molecular weight is 437 g/mol. The van der Waals surface area contributed by atoms with Gasteiger partial charge in [-0.1, -0.05) is 42.1 Å². The zero-order valence-electron chi connectivity index (χ0n) is 18.0. The van der Waals surface area contributed by atoms with Gasteiger partial charge in [-0.15, -0.1) is 0 Å². The van der Waals surface area contributed by atoms with Crippen molar-refractivity contribution in [3.8, 4) is 0 Å². The third-order valence-corrected chi connectivity index (χ3v) is 6.25. The number of imidazole rings is 1. The minimum Gasteiger partial charge on any atom is -0.354 e. The van der Waals surface area contributed by atoms with E-state index in [4.69, 9.17) is 0 Å². The predicted molar refractivity (Wildman–Crippen MR) is 126 cm³/mol. The molecule has 1 aromatic carbocycles. The predicted octanol–water partition coefficient (Wildman–Crippen LogP) is 3.19. The van der Waals surface area contributed by atoms with Crippen LogP contribution in [0.3, 0.4) is 0 Å². The van der Waals surface area contributed by atoms with Gasteiger partial charge in [0.05, 0.1) is 23.3 Å². The zero-order chi connectivity index (χ0) is 21.6. The number of carbonyl (C=O) groups excluding carboxylic acids is 1. The molecule has 1 fully saturated rings. The Kier molecular flexibility index (Phi) is 6.89. The van der Waals surface area contributed by atoms with Crippen molar-refractivity contribution < 1.29 is 4.79 Å². The van der Waals surface area contributed by atoms with Crippen molar-refractivity contribution in [2.24, 2.45) is 0 Å². The SMILES string of the molecule is Cc1[nH]c(SCC(=O)Nc2ccc(N3CCN(C)CC3)nc2)nc1Cc1ccccc1. The molecule has 0 atom stereocenters. The fourth-order valence-electron chi connectivity index (χ4n) is 3.51. The molecule has 0 radical (unpaired) electrons. The number of thioether (sulfide) groups is 1. The van der Waals surface area contributed by atoms with Crippen LogP contribution in [0.25, 0.3) is 0 Å². The molecule has 0 saturated carbocycles. The number of aryl methyl sites for hydroxylation is 1. The Morgan fingerprint density at radius 3 is 2.61 bits per heavy atom. The number of carbonyl (C=O) groups is 1. The number of hydrogen-bond acceptors (Lipinski definition) is 6. The molecule has 0 bridgehead atoms. The van der Waals surface area contributed by atoms with Crippen LogP contribution >= 0.6 is 11.8 Å². The lowest BCUT2D eigenvalue weighted by atomic mass is 10.1. The second kappa shape index (κ2) is 9.98. The lowest BCUT2D eigenvalue weighted by Gasteiger charge is -2.33. The van der Waals surface area contributed by atoms with Gasteiger partial charge < -0.3 is 20.1 Å². The van der Waals surface area contributed by atoms with Gasteiger partial charge >= 0.3 is 0 Å². The molecule has 2 aromatic heterocycles. The zero-order valence-corrected chi connectivity index (χ0v) is 18.8. The topological polar surface area (TPSA) is 77.2 Å². The van der Waals surface area contributed by atoms with E-state index in [9.17, 15) is 4.79 Å². The van der Waals surface area contributed by atoms with Gasteiger partial charge in [0.15, 0.2) is 5.16 Å². The normalized spacial score (nSPS) is 14.6. The molecule has 4 rings (SSSR count). The number of amides is 1. The second-order valence-corrected chi connectivity index (χ2v) is 8.77. The molecular formula is C23H28N6OS. The van der Waals surface area contributed by atoms with Crippen molar-refractivity contribution in [3.05, 3.63) is 65.6 Å². The Bertz CT molecular complexity index is 997. The standard InChI is InChI=1S/C23H28N6OS/c1-17-20(14-18-6-4-3-5-7-18)27-23(25-17)31-16-22(30)26-19-8-9-21(24-15-19)29-12-10-28(2)11-13-29/h3-9,15H,10-14,16H2,1-2H3,(H,25,27)(H,26,30). The number of nitrogens with zero attached hydrogens (tertiary/aromatic N) is 4. The second-order valence-electron chi connectivity index (χ2n) is 7.81. The van der Waals surface area contributed by atoms with Gasteiger partial charge in [-0.3, -0.25) is 4.79 Å². The molecule has 162 valence electrons. The molecule has 1 aliphatic heterocycles. The van der Waals surface area contributed by atoms with Crippen LogP contribution in [0.15, 0.2) is 53.8 Å². The van der Waals surface area contributed by atoms with Crippen LogP contribution < -0.4 is 10.2 Å². The summed E-state index contributed by atoms with van der Waals surface area (Å²) in [5, 5.41) is 3.69. The number of anilines is 2. The van der Waals surface area contributed by atoms with Crippen molar-refractivity contribution in [2.45, 2.75) is 18.5 Å². The first kappa shape index (κ1) is 21.4. The molecule has 2 N–H and O–H groups in total. The summed E-state index contributed by atoms with van der Waals surface area (Å²) in [6.07, 6.45) is 2.51. The summed E-state index contributed by atoms with van der Waals surface area (Å²) >= 11 is 1.41. The number of hydrogen-bond donors (Lipinski definition) is 2. The highest BCUT2D eigenvalue weighted by Crippen LogP contribution is 2.20. The maximum absolute atomic E-state index is 12.4. The summed E-state index contributed by atoms with van der Waals surface area (Å²) in [5.74, 6) is 1.17. The molecule has 3 heterocycles. The molecule has 7 nitrogen and oxygen atoms in total. The maximum Gasteiger partial charge on any atom is 0.234 e. The molecular weight excluding hydrogens is 408 g/mol. The van der Waals surface area contributed by atoms with E-state index in [-0.39, 0.29) is 11.7 Å². The van der Waals surface area contributed by atoms with E-state index in [1.807, 2.05) is 37.3 Å². The lowest BCUT2D eigenvalue weighted by molar-refractivity contribution is -0.113. The van der Waals surface area contributed by atoms with Gasteiger partial charge in [0.1, 0.15) is 5.82 Å². The van der Waals surface area contributed by atoms with E-state index in [1.54, 1.807) is 6.20 Å². The maximum atomic E-state index is 12.4. The van der Waals surface area contributed by atoms with E-state index in [2.05, 4.69) is 49.2 Å². The van der Waals surface area contributed by atoms with E-state index in [0.29, 0.717) is 5.69 Å². The van der Waals surface area contributed by atoms with Crippen molar-refractivity contribution in [1.29, 1.82) is 0 Å². The molecule has 8 heteroatoms. The lowest BCUT2D eigenvalue weighted by Crippen LogP contribution is -2.44. The van der Waals surface area contributed by atoms with Gasteiger partial charge in [0.25, 0.3) is 0 Å². The number of aromatic amines is 1. The van der Waals surface area contributed by atoms with E-state index < -0.39 is 0 Å². The van der Waals surface area contributed by atoms with E-state index in [0.717, 1.165) is 55.0 Å². The summed E-state index contributed by atoms with van der Waals surface area (Å²) < 4.78 is 0. The smallest absolute Gasteiger partial charge is 0.234 e. The van der Waals surface area contributed by atoms with Crippen LogP contribution in [0.1, 0.15) is 17.0 Å². The fourth-order valence-corrected chi connectivity index (χ4v) is 4.25. The summed E-state index contributed by atoms with van der Waals surface area (Å²) in [5.41, 5.74) is 3.98. The highest BCUT2D eigenvalue weighted by Gasteiger charge is 2.15. The van der Waals surface area contributed by atoms with Gasteiger partial charge in [-0.2, -0.15) is 0 Å². The molecule has 3 aromatic rings. The van der Waals surface area contributed by atoms with Gasteiger partial charge in [0, 0.05) is 38.3 Å². The number of piperazine rings is 1. The third-order valence-electron chi connectivity index (χ3n) is 5.38. The third kappa shape index (κ3) is 5.86. The van der Waals surface area contributed by atoms with Gasteiger partial charge in [0.2, 0.25) is 5.91 Å². The van der Waals surface area contributed by atoms with Gasteiger partial charge in [-0.05, 0) is 31.7 Å². The molecule has 1 aliphatic rings. The molecule has 0 spiro atoms. The van der Waals surface area contributed by atoms with Crippen molar-refractivity contribution in [1.82, 2.24) is 19.9 Å². The van der Waals surface area contributed by atoms with Crippen LogP contribution in [0, 0.1) is 6.92 Å². The first-order chi connectivity index (χ1) is 15.1. The van der Waals surface area contributed by atoms with Crippen LogP contribution in [-0.4, -0.2) is 64.7 Å². The van der Waals surface area contributed by atoms with Crippen LogP contribution in [0.2, 0.25) is 0 Å². The summed E-state index contributed by atoms with van der Waals surface area (Å²) in [4.78, 5) is 29.4. The van der Waals surface area contributed by atoms with Crippen LogP contribution in [0.4, 0.5) is 11.5 Å². The number of rotatable bonds is 7. The monoisotopic (exact) mass is 436 g/mol. The van der Waals surface area contributed by atoms with Gasteiger partial charge in [-0.25, -0.2) is 9.97 Å². The Morgan fingerprint density at radius 1 is 1.13 bits per heavy atom. The summed E-state index contributed by atoms with van der Waals surface area (Å²) in [7, 11) is 2.13.